The van der Waals surface area contributed by atoms with Gasteiger partial charge < -0.3 is 10.1 Å². The molecule has 1 aliphatic heterocycles. The van der Waals surface area contributed by atoms with E-state index in [1.807, 2.05) is 0 Å². The highest BCUT2D eigenvalue weighted by Crippen LogP contribution is 2.32. The summed E-state index contributed by atoms with van der Waals surface area (Å²) in [6.45, 7) is 1.79. The van der Waals surface area contributed by atoms with Crippen molar-refractivity contribution in [2.75, 3.05) is 17.7 Å². The molecule has 0 fully saturated rings. The molecular formula is C12H11NO4S. The van der Waals surface area contributed by atoms with Gasteiger partial charge in [-0.25, -0.2) is 4.79 Å². The lowest BCUT2D eigenvalue weighted by molar-refractivity contribution is -0.137. The first kappa shape index (κ1) is 12.6. The Kier molecular flexibility index (Phi) is 3.66. The predicted octanol–water partition coefficient (Wildman–Crippen LogP) is 1.48. The number of ketones is 1. The molecule has 2 rings (SSSR count). The van der Waals surface area contributed by atoms with Crippen molar-refractivity contribution in [1.82, 2.24) is 0 Å². The number of esters is 1. The number of Topliss-reactive ketones (excluding diaryl/α,β-unsaturated/α-hetero) is 1. The molecule has 18 heavy (non-hydrogen) atoms. The number of hydrogen-bond acceptors (Lipinski definition) is 5. The lowest BCUT2D eigenvalue weighted by Crippen LogP contribution is -2.21. The maximum absolute atomic E-state index is 11.7. The summed E-state index contributed by atoms with van der Waals surface area (Å²) >= 11 is 1.40. The highest BCUT2D eigenvalue weighted by Gasteiger charge is 2.21. The second-order valence-electron chi connectivity index (χ2n) is 3.60. The number of fused-ring (bicyclic) bond motifs is 1. The number of hydrogen-bond donors (Lipinski definition) is 1. The molecule has 1 amide bonds. The summed E-state index contributed by atoms with van der Waals surface area (Å²) in [7, 11) is 0. The van der Waals surface area contributed by atoms with E-state index in [0.29, 0.717) is 11.4 Å². The van der Waals surface area contributed by atoms with Crippen molar-refractivity contribution < 1.29 is 19.1 Å². The van der Waals surface area contributed by atoms with E-state index in [4.69, 9.17) is 0 Å². The summed E-state index contributed by atoms with van der Waals surface area (Å²) in [6, 6.07) is 4.77. The van der Waals surface area contributed by atoms with Crippen LogP contribution in [-0.2, 0) is 14.3 Å². The average molecular weight is 265 g/mol. The van der Waals surface area contributed by atoms with Gasteiger partial charge in [0.05, 0.1) is 18.0 Å². The Morgan fingerprint density at radius 2 is 2.22 bits per heavy atom. The van der Waals surface area contributed by atoms with Crippen molar-refractivity contribution in [1.29, 1.82) is 0 Å². The maximum atomic E-state index is 11.7. The van der Waals surface area contributed by atoms with Crippen LogP contribution in [0.25, 0.3) is 0 Å². The highest BCUT2D eigenvalue weighted by molar-refractivity contribution is 8.00. The van der Waals surface area contributed by atoms with E-state index in [1.165, 1.54) is 17.8 Å². The summed E-state index contributed by atoms with van der Waals surface area (Å²) < 4.78 is 4.64. The van der Waals surface area contributed by atoms with Crippen LogP contribution in [0.4, 0.5) is 5.69 Å². The van der Waals surface area contributed by atoms with Gasteiger partial charge in [-0.2, -0.15) is 0 Å². The molecule has 0 atom stereocenters. The second-order valence-corrected chi connectivity index (χ2v) is 4.61. The largest absolute Gasteiger partial charge is 0.460 e. The van der Waals surface area contributed by atoms with Gasteiger partial charge in [0.15, 0.2) is 0 Å². The number of benzene rings is 1. The Morgan fingerprint density at radius 1 is 1.44 bits per heavy atom. The van der Waals surface area contributed by atoms with E-state index in [1.54, 1.807) is 19.1 Å². The van der Waals surface area contributed by atoms with Crippen LogP contribution in [0.1, 0.15) is 17.3 Å². The second kappa shape index (κ2) is 5.22. The Hall–Kier alpha value is -1.82. The van der Waals surface area contributed by atoms with Crippen LogP contribution in [-0.4, -0.2) is 30.0 Å². The van der Waals surface area contributed by atoms with Gasteiger partial charge in [-0.15, -0.1) is 11.8 Å². The van der Waals surface area contributed by atoms with Crippen molar-refractivity contribution in [3.63, 3.8) is 0 Å². The summed E-state index contributed by atoms with van der Waals surface area (Å²) in [4.78, 5) is 35.1. The quantitative estimate of drug-likeness (QED) is 0.509. The molecule has 0 saturated carbocycles. The Bertz CT molecular complexity index is 527. The molecule has 0 radical (unpaired) electrons. The molecule has 0 aromatic heterocycles. The number of amides is 1. The molecule has 6 heteroatoms. The van der Waals surface area contributed by atoms with E-state index in [9.17, 15) is 14.4 Å². The third kappa shape index (κ3) is 2.53. The Morgan fingerprint density at radius 3 is 2.94 bits per heavy atom. The number of rotatable bonds is 3. The summed E-state index contributed by atoms with van der Waals surface area (Å²) in [5.74, 6) is -1.34. The van der Waals surface area contributed by atoms with E-state index in [0.717, 1.165) is 4.90 Å². The number of anilines is 1. The number of carbonyl (C=O) groups is 3. The molecule has 5 nitrogen and oxygen atoms in total. The smallest absolute Gasteiger partial charge is 0.379 e. The normalized spacial score (nSPS) is 13.5. The molecule has 1 aromatic rings. The predicted molar refractivity (Wildman–Crippen MR) is 66.8 cm³/mol. The first-order chi connectivity index (χ1) is 8.61. The molecule has 1 aliphatic rings. The minimum Gasteiger partial charge on any atom is -0.460 e. The van der Waals surface area contributed by atoms with E-state index in [2.05, 4.69) is 10.1 Å². The SMILES string of the molecule is CCOC(=O)C(=O)c1ccc2c(c1)NC(=O)CS2. The van der Waals surface area contributed by atoms with Crippen LogP contribution in [0.3, 0.4) is 0 Å². The van der Waals surface area contributed by atoms with Gasteiger partial charge in [-0.05, 0) is 25.1 Å². The zero-order valence-electron chi connectivity index (χ0n) is 9.69. The van der Waals surface area contributed by atoms with Crippen LogP contribution >= 0.6 is 11.8 Å². The van der Waals surface area contributed by atoms with Gasteiger partial charge in [-0.3, -0.25) is 9.59 Å². The standard InChI is InChI=1S/C12H11NO4S/c1-2-17-12(16)11(15)7-3-4-9-8(5-7)13-10(14)6-18-9/h3-5H,2,6H2,1H3,(H,13,14). The van der Waals surface area contributed by atoms with Crippen molar-refractivity contribution in [3.05, 3.63) is 23.8 Å². The molecule has 0 bridgehead atoms. The molecule has 1 heterocycles. The van der Waals surface area contributed by atoms with Crippen LogP contribution < -0.4 is 5.32 Å². The molecule has 0 spiro atoms. The first-order valence-corrected chi connectivity index (χ1v) is 6.38. The summed E-state index contributed by atoms with van der Waals surface area (Å²) in [6.07, 6.45) is 0. The third-order valence-corrected chi connectivity index (χ3v) is 3.41. The van der Waals surface area contributed by atoms with E-state index in [-0.39, 0.29) is 18.1 Å². The minimum atomic E-state index is -0.882. The average Bonchev–Trinajstić information content (AvgIpc) is 2.37. The fourth-order valence-electron chi connectivity index (χ4n) is 1.54. The van der Waals surface area contributed by atoms with Gasteiger partial charge >= 0.3 is 5.97 Å². The summed E-state index contributed by atoms with van der Waals surface area (Å²) in [5.41, 5.74) is 0.779. The molecule has 94 valence electrons. The number of nitrogens with one attached hydrogen (secondary N) is 1. The molecule has 0 unspecified atom stereocenters. The van der Waals surface area contributed by atoms with E-state index >= 15 is 0 Å². The number of thioether (sulfide) groups is 1. The summed E-state index contributed by atoms with van der Waals surface area (Å²) in [5, 5.41) is 2.66. The molecular weight excluding hydrogens is 254 g/mol. The fraction of sp³-hybridized carbons (Fsp3) is 0.250. The molecule has 0 saturated heterocycles. The highest BCUT2D eigenvalue weighted by atomic mass is 32.2. The molecule has 1 N–H and O–H groups in total. The molecule has 0 aliphatic carbocycles. The molecule has 1 aromatic carbocycles. The van der Waals surface area contributed by atoms with Crippen LogP contribution in [0.15, 0.2) is 23.1 Å². The zero-order chi connectivity index (χ0) is 13.1. The van der Waals surface area contributed by atoms with Gasteiger partial charge in [0.25, 0.3) is 5.78 Å². The van der Waals surface area contributed by atoms with Crippen molar-refractivity contribution >= 4 is 35.1 Å². The van der Waals surface area contributed by atoms with Crippen LogP contribution in [0, 0.1) is 0 Å². The first-order valence-electron chi connectivity index (χ1n) is 5.40. The third-order valence-electron chi connectivity index (χ3n) is 2.34. The monoisotopic (exact) mass is 265 g/mol. The Labute approximate surface area is 108 Å². The van der Waals surface area contributed by atoms with Gasteiger partial charge in [0, 0.05) is 10.5 Å². The Balaban J connectivity index is 2.25. The lowest BCUT2D eigenvalue weighted by Gasteiger charge is -2.16. The maximum Gasteiger partial charge on any atom is 0.379 e. The number of carbonyl (C=O) groups excluding carboxylic acids is 3. The van der Waals surface area contributed by atoms with Crippen LogP contribution in [0.2, 0.25) is 0 Å². The minimum absolute atomic E-state index is 0.117. The number of ether oxygens (including phenoxy) is 1. The van der Waals surface area contributed by atoms with Gasteiger partial charge in [-0.1, -0.05) is 0 Å². The van der Waals surface area contributed by atoms with Crippen LogP contribution in [0.5, 0.6) is 0 Å². The van der Waals surface area contributed by atoms with E-state index < -0.39 is 11.8 Å². The fourth-order valence-corrected chi connectivity index (χ4v) is 2.33. The topological polar surface area (TPSA) is 72.5 Å². The van der Waals surface area contributed by atoms with Crippen molar-refractivity contribution in [3.8, 4) is 0 Å². The van der Waals surface area contributed by atoms with Crippen molar-refractivity contribution in [2.24, 2.45) is 0 Å². The van der Waals surface area contributed by atoms with Gasteiger partial charge in [0.2, 0.25) is 5.91 Å². The van der Waals surface area contributed by atoms with Crippen molar-refractivity contribution in [2.45, 2.75) is 11.8 Å². The van der Waals surface area contributed by atoms with Gasteiger partial charge in [0.1, 0.15) is 0 Å². The zero-order valence-corrected chi connectivity index (χ0v) is 10.5. The lowest BCUT2D eigenvalue weighted by atomic mass is 10.1.